The third-order valence-corrected chi connectivity index (χ3v) is 3.96. The van der Waals surface area contributed by atoms with Crippen LogP contribution in [-0.2, 0) is 6.54 Å². The molecular formula is C13H12Cl3NO. The number of aryl methyl sites for hydroxylation is 1. The second kappa shape index (κ2) is 5.12. The fourth-order valence-electron chi connectivity index (χ4n) is 2.09. The molecule has 0 aliphatic heterocycles. The summed E-state index contributed by atoms with van der Waals surface area (Å²) >= 11 is 18.3. The van der Waals surface area contributed by atoms with Gasteiger partial charge in [0.1, 0.15) is 5.15 Å². The van der Waals surface area contributed by atoms with E-state index in [1.807, 2.05) is 11.5 Å². The number of fused-ring (bicyclic) bond motifs is 1. The Morgan fingerprint density at radius 2 is 1.83 bits per heavy atom. The van der Waals surface area contributed by atoms with Crippen molar-refractivity contribution in [2.24, 2.45) is 0 Å². The molecule has 0 spiro atoms. The van der Waals surface area contributed by atoms with E-state index in [9.17, 15) is 4.79 Å². The van der Waals surface area contributed by atoms with Crippen LogP contribution in [-0.4, -0.2) is 10.4 Å². The van der Waals surface area contributed by atoms with Crippen LogP contribution in [0.4, 0.5) is 0 Å². The van der Waals surface area contributed by atoms with Gasteiger partial charge in [0.05, 0.1) is 21.1 Å². The fraction of sp³-hybridized carbons (Fsp3) is 0.308. The minimum absolute atomic E-state index is 0.0711. The van der Waals surface area contributed by atoms with Gasteiger partial charge in [0.2, 0.25) is 0 Å². The maximum Gasteiger partial charge on any atom is 0.163 e. The highest BCUT2D eigenvalue weighted by Crippen LogP contribution is 2.35. The molecule has 0 atom stereocenters. The van der Waals surface area contributed by atoms with Crippen LogP contribution in [0.25, 0.3) is 10.9 Å². The van der Waals surface area contributed by atoms with Crippen LogP contribution >= 0.6 is 34.8 Å². The molecule has 0 saturated carbocycles. The summed E-state index contributed by atoms with van der Waals surface area (Å²) in [6, 6.07) is 3.46. The van der Waals surface area contributed by atoms with Gasteiger partial charge in [-0.15, -0.1) is 0 Å². The highest BCUT2D eigenvalue weighted by molar-refractivity contribution is 6.43. The van der Waals surface area contributed by atoms with E-state index in [4.69, 9.17) is 34.8 Å². The smallest absolute Gasteiger partial charge is 0.163 e. The van der Waals surface area contributed by atoms with Crippen molar-refractivity contribution in [2.45, 2.75) is 26.8 Å². The maximum absolute atomic E-state index is 11.7. The van der Waals surface area contributed by atoms with E-state index in [0.717, 1.165) is 23.9 Å². The Morgan fingerprint density at radius 1 is 1.22 bits per heavy atom. The Hall–Kier alpha value is -0.700. The lowest BCUT2D eigenvalue weighted by Crippen LogP contribution is -1.98. The Balaban J connectivity index is 2.88. The van der Waals surface area contributed by atoms with Crippen LogP contribution in [0.2, 0.25) is 15.2 Å². The first-order chi connectivity index (χ1) is 8.47. The van der Waals surface area contributed by atoms with Crippen LogP contribution < -0.4 is 0 Å². The number of nitrogens with zero attached hydrogens (tertiary/aromatic N) is 1. The number of carbonyl (C=O) groups is 1. The molecule has 0 amide bonds. The van der Waals surface area contributed by atoms with Crippen LogP contribution in [0.3, 0.4) is 0 Å². The molecule has 2 aromatic rings. The Kier molecular flexibility index (Phi) is 3.90. The molecule has 2 nitrogen and oxygen atoms in total. The molecule has 1 aromatic heterocycles. The lowest BCUT2D eigenvalue weighted by atomic mass is 10.1. The molecule has 96 valence electrons. The average molecular weight is 305 g/mol. The Morgan fingerprint density at radius 3 is 2.39 bits per heavy atom. The number of hydrogen-bond acceptors (Lipinski definition) is 1. The predicted octanol–water partition coefficient (Wildman–Crippen LogP) is 5.21. The summed E-state index contributed by atoms with van der Waals surface area (Å²) in [5, 5.41) is 2.11. The van der Waals surface area contributed by atoms with E-state index in [2.05, 4.69) is 0 Å². The van der Waals surface area contributed by atoms with Crippen LogP contribution in [0.1, 0.15) is 30.6 Å². The van der Waals surface area contributed by atoms with E-state index in [0.29, 0.717) is 20.8 Å². The van der Waals surface area contributed by atoms with Crippen molar-refractivity contribution in [2.75, 3.05) is 0 Å². The largest absolute Gasteiger partial charge is 0.331 e. The summed E-state index contributed by atoms with van der Waals surface area (Å²) in [7, 11) is 0. The zero-order valence-corrected chi connectivity index (χ0v) is 12.3. The summed E-state index contributed by atoms with van der Waals surface area (Å²) in [6.45, 7) is 4.28. The van der Waals surface area contributed by atoms with Gasteiger partial charge < -0.3 is 4.57 Å². The van der Waals surface area contributed by atoms with E-state index in [1.54, 1.807) is 12.1 Å². The Labute approximate surface area is 120 Å². The van der Waals surface area contributed by atoms with Gasteiger partial charge in [0.25, 0.3) is 0 Å². The third kappa shape index (κ3) is 2.13. The first-order valence-electron chi connectivity index (χ1n) is 5.65. The van der Waals surface area contributed by atoms with Crippen molar-refractivity contribution in [1.29, 1.82) is 0 Å². The molecule has 0 bridgehead atoms. The van der Waals surface area contributed by atoms with E-state index >= 15 is 0 Å². The molecule has 5 heteroatoms. The SMILES string of the molecule is CCCn1c(Cl)c(C(C)=O)c2cc(Cl)c(Cl)cc21. The van der Waals surface area contributed by atoms with E-state index in [1.165, 1.54) is 6.92 Å². The van der Waals surface area contributed by atoms with Gasteiger partial charge in [-0.1, -0.05) is 41.7 Å². The van der Waals surface area contributed by atoms with Crippen LogP contribution in [0, 0.1) is 0 Å². The number of Topliss-reactive ketones (excluding diaryl/α,β-unsaturated/α-hetero) is 1. The number of rotatable bonds is 3. The first kappa shape index (κ1) is 13.7. The first-order valence-corrected chi connectivity index (χ1v) is 6.78. The fourth-order valence-corrected chi connectivity index (χ4v) is 2.82. The van der Waals surface area contributed by atoms with Crippen LogP contribution in [0.15, 0.2) is 12.1 Å². The van der Waals surface area contributed by atoms with Crippen LogP contribution in [0.5, 0.6) is 0 Å². The summed E-state index contributed by atoms with van der Waals surface area (Å²) < 4.78 is 1.90. The van der Waals surface area contributed by atoms with Gasteiger partial charge in [-0.25, -0.2) is 0 Å². The number of hydrogen-bond donors (Lipinski definition) is 0. The quantitative estimate of drug-likeness (QED) is 0.713. The summed E-state index contributed by atoms with van der Waals surface area (Å²) in [4.78, 5) is 11.7. The van der Waals surface area contributed by atoms with E-state index in [-0.39, 0.29) is 5.78 Å². The van der Waals surface area contributed by atoms with Crippen molar-refractivity contribution < 1.29 is 4.79 Å². The standard InChI is InChI=1S/C13H12Cl3NO/c1-3-4-17-11-6-10(15)9(14)5-8(11)12(7(2)18)13(17)16/h5-6H,3-4H2,1-2H3. The van der Waals surface area contributed by atoms with Gasteiger partial charge in [-0.3, -0.25) is 4.79 Å². The molecule has 0 unspecified atom stereocenters. The number of halogens is 3. The molecule has 0 fully saturated rings. The molecule has 1 aromatic carbocycles. The minimum atomic E-state index is -0.0711. The topological polar surface area (TPSA) is 22.0 Å². The molecule has 18 heavy (non-hydrogen) atoms. The summed E-state index contributed by atoms with van der Waals surface area (Å²) in [6.07, 6.45) is 0.918. The van der Waals surface area contributed by atoms with Gasteiger partial charge in [-0.05, 0) is 25.5 Å². The highest BCUT2D eigenvalue weighted by atomic mass is 35.5. The third-order valence-electron chi connectivity index (χ3n) is 2.84. The van der Waals surface area contributed by atoms with Crippen molar-refractivity contribution in [3.63, 3.8) is 0 Å². The molecule has 0 saturated heterocycles. The molecule has 2 rings (SSSR count). The second-order valence-electron chi connectivity index (χ2n) is 4.16. The molecular weight excluding hydrogens is 293 g/mol. The van der Waals surface area contributed by atoms with Crippen molar-refractivity contribution >= 4 is 51.5 Å². The normalized spacial score (nSPS) is 11.2. The van der Waals surface area contributed by atoms with E-state index < -0.39 is 0 Å². The monoisotopic (exact) mass is 303 g/mol. The van der Waals surface area contributed by atoms with Gasteiger partial charge in [-0.2, -0.15) is 0 Å². The number of aromatic nitrogens is 1. The molecule has 0 aliphatic carbocycles. The number of carbonyl (C=O) groups excluding carboxylic acids is 1. The second-order valence-corrected chi connectivity index (χ2v) is 5.33. The molecule has 0 aliphatic rings. The lowest BCUT2D eigenvalue weighted by molar-refractivity contribution is 0.101. The Bertz CT molecular complexity index is 631. The van der Waals surface area contributed by atoms with Crippen molar-refractivity contribution in [3.8, 4) is 0 Å². The lowest BCUT2D eigenvalue weighted by Gasteiger charge is -2.05. The highest BCUT2D eigenvalue weighted by Gasteiger charge is 2.19. The average Bonchev–Trinajstić information content (AvgIpc) is 2.54. The van der Waals surface area contributed by atoms with Crippen molar-refractivity contribution in [1.82, 2.24) is 4.57 Å². The van der Waals surface area contributed by atoms with Gasteiger partial charge >= 0.3 is 0 Å². The van der Waals surface area contributed by atoms with Gasteiger partial charge in [0.15, 0.2) is 5.78 Å². The number of ketones is 1. The molecule has 1 heterocycles. The van der Waals surface area contributed by atoms with Crippen molar-refractivity contribution in [3.05, 3.63) is 32.9 Å². The summed E-state index contributed by atoms with van der Waals surface area (Å²) in [5.41, 5.74) is 1.36. The van der Waals surface area contributed by atoms with Gasteiger partial charge in [0, 0.05) is 11.9 Å². The predicted molar refractivity (Wildman–Crippen MR) is 77.3 cm³/mol. The maximum atomic E-state index is 11.7. The molecule has 0 N–H and O–H groups in total. The zero-order chi connectivity index (χ0) is 13.4. The summed E-state index contributed by atoms with van der Waals surface area (Å²) in [5.74, 6) is -0.0711. The zero-order valence-electron chi connectivity index (χ0n) is 10.1. The minimum Gasteiger partial charge on any atom is -0.331 e. The molecule has 0 radical (unpaired) electrons. The number of benzene rings is 1.